The van der Waals surface area contributed by atoms with Crippen LogP contribution in [0.15, 0.2) is 83.1 Å². The summed E-state index contributed by atoms with van der Waals surface area (Å²) in [7, 11) is 0. The average molecular weight is 433 g/mol. The molecule has 2 aromatic carbocycles. The second-order valence-corrected chi connectivity index (χ2v) is 8.36. The highest BCUT2D eigenvalue weighted by molar-refractivity contribution is 6.30. The number of carbonyl (C=O) groups is 2. The fourth-order valence-electron chi connectivity index (χ4n) is 4.66. The van der Waals surface area contributed by atoms with E-state index in [0.29, 0.717) is 11.4 Å². The van der Waals surface area contributed by atoms with E-state index < -0.39 is 12.0 Å². The number of nitrogens with one attached hydrogen (secondary N) is 1. The lowest BCUT2D eigenvalue weighted by Crippen LogP contribution is -2.41. The van der Waals surface area contributed by atoms with Crippen LogP contribution < -0.4 is 10.2 Å². The van der Waals surface area contributed by atoms with Crippen LogP contribution in [-0.2, 0) is 9.59 Å². The molecule has 0 spiro atoms. The molecule has 1 aromatic heterocycles. The first kappa shape index (κ1) is 19.6. The summed E-state index contributed by atoms with van der Waals surface area (Å²) in [6.45, 7) is 1.54. The standard InChI is InChI=1S/C25H21ClN2O3/c1-15(29)28-21-6-3-2-5-19(21)27-20-13-17(23-7-4-12-31-23)14-22(30)24(20)25(28)16-8-10-18(26)11-9-16/h2-13,17,24-25,27H,14H2,1H3. The second kappa shape index (κ2) is 7.75. The summed E-state index contributed by atoms with van der Waals surface area (Å²) in [5.41, 5.74) is 3.18. The summed E-state index contributed by atoms with van der Waals surface area (Å²) in [6.07, 6.45) is 4.00. The van der Waals surface area contributed by atoms with Gasteiger partial charge in [-0.1, -0.05) is 41.9 Å². The van der Waals surface area contributed by atoms with Gasteiger partial charge in [-0.2, -0.15) is 0 Å². The lowest BCUT2D eigenvalue weighted by molar-refractivity contribution is -0.123. The quantitative estimate of drug-likeness (QED) is 0.563. The fourth-order valence-corrected chi connectivity index (χ4v) is 4.78. The van der Waals surface area contributed by atoms with Gasteiger partial charge in [-0.05, 0) is 42.0 Å². The lowest BCUT2D eigenvalue weighted by Gasteiger charge is -2.37. The van der Waals surface area contributed by atoms with Crippen molar-refractivity contribution < 1.29 is 14.0 Å². The smallest absolute Gasteiger partial charge is 0.224 e. The summed E-state index contributed by atoms with van der Waals surface area (Å²) in [4.78, 5) is 28.2. The highest BCUT2D eigenvalue weighted by Gasteiger charge is 2.44. The summed E-state index contributed by atoms with van der Waals surface area (Å²) >= 11 is 6.12. The number of halogens is 1. The second-order valence-electron chi connectivity index (χ2n) is 7.92. The van der Waals surface area contributed by atoms with Gasteiger partial charge in [-0.15, -0.1) is 0 Å². The minimum atomic E-state index is -0.524. The predicted octanol–water partition coefficient (Wildman–Crippen LogP) is 5.71. The molecule has 1 amide bonds. The number of para-hydroxylation sites is 2. The number of anilines is 2. The molecule has 0 radical (unpaired) electrons. The number of hydrogen-bond donors (Lipinski definition) is 1. The third-order valence-electron chi connectivity index (χ3n) is 5.98. The van der Waals surface area contributed by atoms with Crippen molar-refractivity contribution in [3.8, 4) is 0 Å². The van der Waals surface area contributed by atoms with E-state index in [4.69, 9.17) is 16.0 Å². The number of nitrogens with zero attached hydrogens (tertiary/aromatic N) is 1. The average Bonchev–Trinajstić information content (AvgIpc) is 3.24. The van der Waals surface area contributed by atoms with E-state index >= 15 is 0 Å². The number of amides is 1. The zero-order valence-electron chi connectivity index (χ0n) is 16.9. The van der Waals surface area contributed by atoms with Crippen LogP contribution in [-0.4, -0.2) is 11.7 Å². The van der Waals surface area contributed by atoms with Crippen molar-refractivity contribution in [3.05, 3.63) is 95.0 Å². The Labute approximate surface area is 185 Å². The van der Waals surface area contributed by atoms with Gasteiger partial charge in [-0.3, -0.25) is 9.59 Å². The minimum absolute atomic E-state index is 0.0606. The maximum absolute atomic E-state index is 13.6. The summed E-state index contributed by atoms with van der Waals surface area (Å²) in [5.74, 6) is 0.0127. The Balaban J connectivity index is 1.72. The Morgan fingerprint density at radius 3 is 2.58 bits per heavy atom. The van der Waals surface area contributed by atoms with Crippen molar-refractivity contribution in [3.63, 3.8) is 0 Å². The Bertz CT molecular complexity index is 1170. The number of hydrogen-bond acceptors (Lipinski definition) is 4. The molecule has 0 fully saturated rings. The van der Waals surface area contributed by atoms with Gasteiger partial charge in [0.2, 0.25) is 5.91 Å². The number of ketones is 1. The third kappa shape index (κ3) is 3.45. The van der Waals surface area contributed by atoms with Gasteiger partial charge < -0.3 is 14.6 Å². The van der Waals surface area contributed by atoms with E-state index in [9.17, 15) is 9.59 Å². The van der Waals surface area contributed by atoms with E-state index in [0.717, 1.165) is 28.4 Å². The lowest BCUT2D eigenvalue weighted by atomic mass is 9.77. The molecular weight excluding hydrogens is 412 g/mol. The van der Waals surface area contributed by atoms with E-state index in [2.05, 4.69) is 11.4 Å². The van der Waals surface area contributed by atoms with Crippen molar-refractivity contribution in [2.45, 2.75) is 25.3 Å². The molecule has 0 saturated carbocycles. The number of rotatable bonds is 2. The number of allylic oxidation sites excluding steroid dienone is 1. The Morgan fingerprint density at radius 1 is 1.10 bits per heavy atom. The highest BCUT2D eigenvalue weighted by Crippen LogP contribution is 2.47. The van der Waals surface area contributed by atoms with Crippen LogP contribution in [0.3, 0.4) is 0 Å². The Hall–Kier alpha value is -3.31. The van der Waals surface area contributed by atoms with Gasteiger partial charge >= 0.3 is 0 Å². The summed E-state index contributed by atoms with van der Waals surface area (Å²) in [6, 6.07) is 18.2. The molecule has 3 aromatic rings. The molecule has 1 N–H and O–H groups in total. The third-order valence-corrected chi connectivity index (χ3v) is 6.23. The number of carbonyl (C=O) groups excluding carboxylic acids is 2. The first-order valence-corrected chi connectivity index (χ1v) is 10.6. The van der Waals surface area contributed by atoms with Gasteiger partial charge in [0.25, 0.3) is 0 Å². The highest BCUT2D eigenvalue weighted by atomic mass is 35.5. The molecule has 3 atom stereocenters. The van der Waals surface area contributed by atoms with E-state index in [1.807, 2.05) is 48.5 Å². The van der Waals surface area contributed by atoms with Crippen LogP contribution in [0.4, 0.5) is 11.4 Å². The monoisotopic (exact) mass is 432 g/mol. The van der Waals surface area contributed by atoms with Gasteiger partial charge in [0.05, 0.1) is 29.6 Å². The van der Waals surface area contributed by atoms with E-state index in [-0.39, 0.29) is 17.6 Å². The molecule has 0 bridgehead atoms. The molecule has 3 unspecified atom stereocenters. The molecular formula is C25H21ClN2O3. The molecule has 5 rings (SSSR count). The zero-order valence-corrected chi connectivity index (χ0v) is 17.7. The van der Waals surface area contributed by atoms with Gasteiger partial charge in [0.15, 0.2) is 0 Å². The molecule has 1 aliphatic heterocycles. The number of Topliss-reactive ketones (excluding diaryl/α,β-unsaturated/α-hetero) is 1. The largest absolute Gasteiger partial charge is 0.469 e. The molecule has 31 heavy (non-hydrogen) atoms. The van der Waals surface area contributed by atoms with Crippen molar-refractivity contribution in [2.24, 2.45) is 5.92 Å². The minimum Gasteiger partial charge on any atom is -0.469 e. The molecule has 156 valence electrons. The van der Waals surface area contributed by atoms with E-state index in [1.54, 1.807) is 23.3 Å². The Morgan fingerprint density at radius 2 is 1.87 bits per heavy atom. The number of benzene rings is 2. The first-order chi connectivity index (χ1) is 15.0. The summed E-state index contributed by atoms with van der Waals surface area (Å²) < 4.78 is 5.58. The molecule has 5 nitrogen and oxygen atoms in total. The molecule has 0 saturated heterocycles. The van der Waals surface area contributed by atoms with E-state index in [1.165, 1.54) is 6.92 Å². The zero-order chi connectivity index (χ0) is 21.5. The number of fused-ring (bicyclic) bond motifs is 2. The van der Waals surface area contributed by atoms with Crippen molar-refractivity contribution >= 4 is 34.7 Å². The molecule has 1 aliphatic carbocycles. The van der Waals surface area contributed by atoms with Crippen molar-refractivity contribution in [2.75, 3.05) is 10.2 Å². The molecule has 2 aliphatic rings. The van der Waals surface area contributed by atoms with Crippen LogP contribution in [0.25, 0.3) is 0 Å². The summed E-state index contributed by atoms with van der Waals surface area (Å²) in [5, 5.41) is 4.06. The van der Waals surface area contributed by atoms with Crippen LogP contribution in [0, 0.1) is 5.92 Å². The van der Waals surface area contributed by atoms with Crippen LogP contribution in [0.5, 0.6) is 0 Å². The van der Waals surface area contributed by atoms with Gasteiger partial charge in [-0.25, -0.2) is 0 Å². The van der Waals surface area contributed by atoms with Crippen molar-refractivity contribution in [1.29, 1.82) is 0 Å². The van der Waals surface area contributed by atoms with Crippen LogP contribution in [0.2, 0.25) is 5.02 Å². The maximum atomic E-state index is 13.6. The SMILES string of the molecule is CC(=O)N1c2ccccc2NC2=CC(c3ccco3)CC(=O)C2C1c1ccc(Cl)cc1. The normalized spacial score (nSPS) is 22.6. The first-order valence-electron chi connectivity index (χ1n) is 10.2. The van der Waals surface area contributed by atoms with Crippen LogP contribution in [0.1, 0.15) is 36.6 Å². The van der Waals surface area contributed by atoms with Gasteiger partial charge in [0, 0.05) is 30.0 Å². The predicted molar refractivity (Wildman–Crippen MR) is 120 cm³/mol. The van der Waals surface area contributed by atoms with Crippen LogP contribution >= 0.6 is 11.6 Å². The maximum Gasteiger partial charge on any atom is 0.224 e. The molecule has 6 heteroatoms. The molecule has 2 heterocycles. The Kier molecular flexibility index (Phi) is 4.91. The van der Waals surface area contributed by atoms with Crippen molar-refractivity contribution in [1.82, 2.24) is 0 Å². The topological polar surface area (TPSA) is 62.6 Å². The fraction of sp³-hybridized carbons (Fsp3) is 0.200. The van der Waals surface area contributed by atoms with Gasteiger partial charge in [0.1, 0.15) is 11.5 Å². The number of furan rings is 1.